The molecular weight excluding hydrogens is 312 g/mol. The summed E-state index contributed by atoms with van der Waals surface area (Å²) in [6.07, 6.45) is 4.88. The molecule has 1 aromatic carbocycles. The minimum absolute atomic E-state index is 0.224. The van der Waals surface area contributed by atoms with E-state index in [0.717, 1.165) is 30.9 Å². The van der Waals surface area contributed by atoms with Gasteiger partial charge in [0, 0.05) is 31.2 Å². The van der Waals surface area contributed by atoms with Crippen molar-refractivity contribution in [1.82, 2.24) is 24.8 Å². The van der Waals surface area contributed by atoms with Gasteiger partial charge in [-0.25, -0.2) is 4.68 Å². The van der Waals surface area contributed by atoms with Crippen LogP contribution in [0.3, 0.4) is 0 Å². The van der Waals surface area contributed by atoms with Crippen LogP contribution < -0.4 is 4.90 Å². The number of likely N-dealkylation sites (N-methyl/N-ethyl adjacent to an activating group) is 2. The van der Waals surface area contributed by atoms with Gasteiger partial charge in [-0.3, -0.25) is 4.90 Å². The highest BCUT2D eigenvalue weighted by Crippen LogP contribution is 2.53. The van der Waals surface area contributed by atoms with Gasteiger partial charge in [0.25, 0.3) is 0 Å². The van der Waals surface area contributed by atoms with Crippen LogP contribution in [0.2, 0.25) is 0 Å². The van der Waals surface area contributed by atoms with Crippen molar-refractivity contribution in [2.45, 2.75) is 37.9 Å². The maximum Gasteiger partial charge on any atom is 0.0971 e. The Morgan fingerprint density at radius 1 is 1.28 bits per heavy atom. The van der Waals surface area contributed by atoms with Gasteiger partial charge in [0.1, 0.15) is 0 Å². The van der Waals surface area contributed by atoms with Gasteiger partial charge in [-0.15, -0.1) is 5.10 Å². The molecule has 3 heterocycles. The molecule has 1 saturated heterocycles. The van der Waals surface area contributed by atoms with E-state index in [-0.39, 0.29) is 5.41 Å². The van der Waals surface area contributed by atoms with Gasteiger partial charge in [-0.1, -0.05) is 12.1 Å². The summed E-state index contributed by atoms with van der Waals surface area (Å²) in [5.74, 6) is 0. The second-order valence-corrected chi connectivity index (χ2v) is 7.82. The molecule has 2 atom stereocenters. The summed E-state index contributed by atoms with van der Waals surface area (Å²) in [5, 5.41) is 8.66. The van der Waals surface area contributed by atoms with Crippen molar-refractivity contribution in [1.29, 1.82) is 0 Å². The molecule has 0 unspecified atom stereocenters. The van der Waals surface area contributed by atoms with Crippen LogP contribution in [0.1, 0.15) is 31.0 Å². The van der Waals surface area contributed by atoms with Gasteiger partial charge < -0.3 is 9.80 Å². The van der Waals surface area contributed by atoms with Crippen molar-refractivity contribution in [2.24, 2.45) is 0 Å². The van der Waals surface area contributed by atoms with Gasteiger partial charge in [0.2, 0.25) is 0 Å². The lowest BCUT2D eigenvalue weighted by atomic mass is 9.77. The fourth-order valence-electron chi connectivity index (χ4n) is 4.86. The Hall–Kier alpha value is -1.92. The monoisotopic (exact) mass is 340 g/mol. The molecule has 0 bridgehead atoms. The lowest BCUT2D eigenvalue weighted by molar-refractivity contribution is 0.252. The van der Waals surface area contributed by atoms with Crippen LogP contribution >= 0.6 is 0 Å². The van der Waals surface area contributed by atoms with Gasteiger partial charge in [0.15, 0.2) is 0 Å². The molecule has 1 fully saturated rings. The SMILES string of the molecule is CC[C@@]12CCN(C)[C@@H]1N(C)c1ccc(-n3cc(CN(C)C)nn3)cc12. The molecule has 0 aliphatic carbocycles. The molecule has 0 radical (unpaired) electrons. The highest BCUT2D eigenvalue weighted by Gasteiger charge is 2.54. The average Bonchev–Trinajstić information content (AvgIpc) is 3.23. The lowest BCUT2D eigenvalue weighted by Crippen LogP contribution is -2.46. The van der Waals surface area contributed by atoms with Crippen LogP contribution in [0, 0.1) is 0 Å². The first-order chi connectivity index (χ1) is 12.0. The van der Waals surface area contributed by atoms with E-state index < -0.39 is 0 Å². The molecule has 0 amide bonds. The molecule has 0 N–H and O–H groups in total. The quantitative estimate of drug-likeness (QED) is 0.852. The van der Waals surface area contributed by atoms with Crippen LogP contribution in [-0.4, -0.2) is 65.7 Å². The summed E-state index contributed by atoms with van der Waals surface area (Å²) in [4.78, 5) is 7.05. The van der Waals surface area contributed by atoms with E-state index in [9.17, 15) is 0 Å². The zero-order valence-electron chi connectivity index (χ0n) is 15.9. The summed E-state index contributed by atoms with van der Waals surface area (Å²) in [6, 6.07) is 6.75. The third kappa shape index (κ3) is 2.39. The molecule has 1 aromatic heterocycles. The molecular formula is C19H28N6. The van der Waals surface area contributed by atoms with Crippen molar-refractivity contribution >= 4 is 5.69 Å². The number of hydrogen-bond acceptors (Lipinski definition) is 5. The van der Waals surface area contributed by atoms with E-state index in [1.165, 1.54) is 17.7 Å². The second kappa shape index (κ2) is 5.81. The number of anilines is 1. The number of hydrogen-bond donors (Lipinski definition) is 0. The topological polar surface area (TPSA) is 40.4 Å². The number of nitrogens with zero attached hydrogens (tertiary/aromatic N) is 6. The zero-order valence-corrected chi connectivity index (χ0v) is 15.9. The highest BCUT2D eigenvalue weighted by atomic mass is 15.4. The molecule has 0 spiro atoms. The first-order valence-corrected chi connectivity index (χ1v) is 9.10. The Balaban J connectivity index is 1.75. The Bertz CT molecular complexity index is 782. The summed E-state index contributed by atoms with van der Waals surface area (Å²) in [5.41, 5.74) is 5.14. The molecule has 0 saturated carbocycles. The van der Waals surface area contributed by atoms with Crippen molar-refractivity contribution in [2.75, 3.05) is 39.6 Å². The van der Waals surface area contributed by atoms with Gasteiger partial charge in [-0.05, 0) is 57.7 Å². The normalized spacial score (nSPS) is 25.7. The fourth-order valence-corrected chi connectivity index (χ4v) is 4.86. The number of fused-ring (bicyclic) bond motifs is 3. The van der Waals surface area contributed by atoms with Crippen molar-refractivity contribution in [3.63, 3.8) is 0 Å². The van der Waals surface area contributed by atoms with E-state index >= 15 is 0 Å². The minimum atomic E-state index is 0.224. The molecule has 25 heavy (non-hydrogen) atoms. The number of benzene rings is 1. The second-order valence-electron chi connectivity index (χ2n) is 7.82. The minimum Gasteiger partial charge on any atom is -0.358 e. The number of aromatic nitrogens is 3. The molecule has 2 aliphatic heterocycles. The number of rotatable bonds is 4. The van der Waals surface area contributed by atoms with Crippen LogP contribution in [0.25, 0.3) is 5.69 Å². The van der Waals surface area contributed by atoms with E-state index in [1.807, 2.05) is 25.0 Å². The van der Waals surface area contributed by atoms with E-state index in [0.29, 0.717) is 6.17 Å². The Kier molecular flexibility index (Phi) is 3.85. The Morgan fingerprint density at radius 3 is 2.80 bits per heavy atom. The van der Waals surface area contributed by atoms with Crippen molar-refractivity contribution in [3.05, 3.63) is 35.7 Å². The summed E-state index contributed by atoms with van der Waals surface area (Å²) in [6.45, 7) is 4.29. The predicted molar refractivity (Wildman–Crippen MR) is 100 cm³/mol. The molecule has 2 aromatic rings. The predicted octanol–water partition coefficient (Wildman–Crippen LogP) is 2.09. The highest BCUT2D eigenvalue weighted by molar-refractivity contribution is 5.67. The Morgan fingerprint density at radius 2 is 2.08 bits per heavy atom. The first kappa shape index (κ1) is 16.5. The molecule has 2 aliphatic rings. The Labute approximate surface area is 150 Å². The van der Waals surface area contributed by atoms with Gasteiger partial charge >= 0.3 is 0 Å². The van der Waals surface area contributed by atoms with E-state index in [4.69, 9.17) is 0 Å². The van der Waals surface area contributed by atoms with Crippen molar-refractivity contribution in [3.8, 4) is 5.69 Å². The van der Waals surface area contributed by atoms with Gasteiger partial charge in [0.05, 0.1) is 23.7 Å². The fraction of sp³-hybridized carbons (Fsp3) is 0.579. The van der Waals surface area contributed by atoms with Crippen LogP contribution in [0.4, 0.5) is 5.69 Å². The summed E-state index contributed by atoms with van der Waals surface area (Å²) < 4.78 is 1.91. The average molecular weight is 340 g/mol. The molecule has 6 nitrogen and oxygen atoms in total. The van der Waals surface area contributed by atoms with Crippen LogP contribution in [-0.2, 0) is 12.0 Å². The molecule has 6 heteroatoms. The summed E-state index contributed by atoms with van der Waals surface area (Å²) >= 11 is 0. The lowest BCUT2D eigenvalue weighted by Gasteiger charge is -2.34. The zero-order chi connectivity index (χ0) is 17.8. The van der Waals surface area contributed by atoms with Crippen LogP contribution in [0.15, 0.2) is 24.4 Å². The van der Waals surface area contributed by atoms with E-state index in [2.05, 4.69) is 64.2 Å². The maximum atomic E-state index is 4.35. The third-order valence-corrected chi connectivity index (χ3v) is 6.00. The van der Waals surface area contributed by atoms with E-state index in [1.54, 1.807) is 0 Å². The first-order valence-electron chi connectivity index (χ1n) is 9.10. The smallest absolute Gasteiger partial charge is 0.0971 e. The largest absolute Gasteiger partial charge is 0.358 e. The van der Waals surface area contributed by atoms with Crippen molar-refractivity contribution < 1.29 is 0 Å². The maximum absolute atomic E-state index is 4.35. The third-order valence-electron chi connectivity index (χ3n) is 6.00. The molecule has 134 valence electrons. The van der Waals surface area contributed by atoms with Crippen LogP contribution in [0.5, 0.6) is 0 Å². The standard InChI is InChI=1S/C19H28N6/c1-6-19-9-10-23(4)18(19)24(5)17-8-7-15(11-16(17)19)25-13-14(20-21-25)12-22(2)3/h7-8,11,13,18H,6,9-10,12H2,1-5H3/t18-,19+/m1/s1. The van der Waals surface area contributed by atoms with Gasteiger partial charge in [-0.2, -0.15) is 0 Å². The molecule has 4 rings (SSSR count). The summed E-state index contributed by atoms with van der Waals surface area (Å²) in [7, 11) is 8.57. The number of likely N-dealkylation sites (tertiary alicyclic amines) is 1.